The molecule has 0 bridgehead atoms. The second-order valence-corrected chi connectivity index (χ2v) is 3.29. The molecule has 82 valence electrons. The van der Waals surface area contributed by atoms with Crippen LogP contribution in [0, 0.1) is 6.92 Å². The van der Waals surface area contributed by atoms with Crippen LogP contribution in [0.25, 0.3) is 11.4 Å². The van der Waals surface area contributed by atoms with Gasteiger partial charge in [-0.3, -0.25) is 4.98 Å². The summed E-state index contributed by atoms with van der Waals surface area (Å²) in [5.41, 5.74) is 1.20. The average Bonchev–Trinajstić information content (AvgIpc) is 2.65. The first-order valence-corrected chi connectivity index (χ1v) is 4.52. The van der Waals surface area contributed by atoms with Crippen molar-refractivity contribution in [2.75, 3.05) is 0 Å². The van der Waals surface area contributed by atoms with Gasteiger partial charge in [0.15, 0.2) is 5.82 Å². The van der Waals surface area contributed by atoms with E-state index in [0.29, 0.717) is 17.1 Å². The van der Waals surface area contributed by atoms with Crippen molar-refractivity contribution in [1.29, 1.82) is 0 Å². The molecule has 0 unspecified atom stereocenters. The SMILES string of the molecule is Cc1ncc(-c2nnnn2C)cc1C(=O)O. The van der Waals surface area contributed by atoms with Crippen LogP contribution in [-0.2, 0) is 7.05 Å². The number of pyridine rings is 1. The van der Waals surface area contributed by atoms with Crippen LogP contribution in [0.15, 0.2) is 12.3 Å². The monoisotopic (exact) mass is 219 g/mol. The molecule has 0 amide bonds. The Morgan fingerprint density at radius 3 is 2.81 bits per heavy atom. The minimum absolute atomic E-state index is 0.153. The lowest BCUT2D eigenvalue weighted by Crippen LogP contribution is -2.03. The predicted molar refractivity (Wildman–Crippen MR) is 53.7 cm³/mol. The van der Waals surface area contributed by atoms with E-state index in [1.807, 2.05) is 0 Å². The van der Waals surface area contributed by atoms with Crippen LogP contribution in [0.4, 0.5) is 0 Å². The summed E-state index contributed by atoms with van der Waals surface area (Å²) in [6.07, 6.45) is 1.55. The quantitative estimate of drug-likeness (QED) is 0.779. The second kappa shape index (κ2) is 3.69. The first kappa shape index (κ1) is 10.2. The van der Waals surface area contributed by atoms with Gasteiger partial charge >= 0.3 is 5.97 Å². The van der Waals surface area contributed by atoms with E-state index in [9.17, 15) is 4.79 Å². The van der Waals surface area contributed by atoms with Crippen LogP contribution in [0.5, 0.6) is 0 Å². The Hall–Kier alpha value is -2.31. The molecule has 0 spiro atoms. The lowest BCUT2D eigenvalue weighted by Gasteiger charge is -2.02. The van der Waals surface area contributed by atoms with Gasteiger partial charge in [0.2, 0.25) is 0 Å². The van der Waals surface area contributed by atoms with Crippen LogP contribution in [0.2, 0.25) is 0 Å². The van der Waals surface area contributed by atoms with Crippen molar-refractivity contribution >= 4 is 5.97 Å². The van der Waals surface area contributed by atoms with E-state index in [4.69, 9.17) is 5.11 Å². The highest BCUT2D eigenvalue weighted by molar-refractivity contribution is 5.90. The van der Waals surface area contributed by atoms with E-state index in [2.05, 4.69) is 20.5 Å². The van der Waals surface area contributed by atoms with Crippen LogP contribution in [0.3, 0.4) is 0 Å². The number of carboxylic acids is 1. The fourth-order valence-electron chi connectivity index (χ4n) is 1.35. The van der Waals surface area contributed by atoms with Crippen molar-refractivity contribution in [3.63, 3.8) is 0 Å². The maximum absolute atomic E-state index is 10.9. The molecule has 16 heavy (non-hydrogen) atoms. The number of tetrazole rings is 1. The number of carbonyl (C=O) groups is 1. The smallest absolute Gasteiger partial charge is 0.337 e. The van der Waals surface area contributed by atoms with E-state index < -0.39 is 5.97 Å². The number of aromatic nitrogens is 5. The third-order valence-corrected chi connectivity index (χ3v) is 2.20. The van der Waals surface area contributed by atoms with Gasteiger partial charge in [0.25, 0.3) is 0 Å². The minimum Gasteiger partial charge on any atom is -0.478 e. The van der Waals surface area contributed by atoms with Gasteiger partial charge in [0, 0.05) is 18.8 Å². The zero-order valence-corrected chi connectivity index (χ0v) is 8.75. The molecule has 2 heterocycles. The third kappa shape index (κ3) is 1.62. The van der Waals surface area contributed by atoms with Crippen LogP contribution in [0.1, 0.15) is 16.1 Å². The normalized spacial score (nSPS) is 10.4. The molecular formula is C9H9N5O2. The van der Waals surface area contributed by atoms with E-state index in [0.717, 1.165) is 0 Å². The zero-order valence-electron chi connectivity index (χ0n) is 8.75. The van der Waals surface area contributed by atoms with Gasteiger partial charge in [-0.1, -0.05) is 0 Å². The van der Waals surface area contributed by atoms with Gasteiger partial charge in [-0.2, -0.15) is 0 Å². The number of aryl methyl sites for hydroxylation is 2. The summed E-state index contributed by atoms with van der Waals surface area (Å²) < 4.78 is 1.46. The van der Waals surface area contributed by atoms with Gasteiger partial charge in [-0.15, -0.1) is 5.10 Å². The highest BCUT2D eigenvalue weighted by Crippen LogP contribution is 2.17. The molecule has 7 nitrogen and oxygen atoms in total. The second-order valence-electron chi connectivity index (χ2n) is 3.29. The molecule has 0 fully saturated rings. The van der Waals surface area contributed by atoms with Gasteiger partial charge < -0.3 is 5.11 Å². The van der Waals surface area contributed by atoms with Crippen molar-refractivity contribution in [2.24, 2.45) is 7.05 Å². The Labute approximate surface area is 90.7 Å². The summed E-state index contributed by atoms with van der Waals surface area (Å²) in [5.74, 6) is -0.531. The number of nitrogens with zero attached hydrogens (tertiary/aromatic N) is 5. The highest BCUT2D eigenvalue weighted by atomic mass is 16.4. The molecule has 0 aliphatic carbocycles. The lowest BCUT2D eigenvalue weighted by atomic mass is 10.1. The van der Waals surface area contributed by atoms with E-state index in [1.54, 1.807) is 20.2 Å². The molecule has 2 aromatic rings. The van der Waals surface area contributed by atoms with Crippen molar-refractivity contribution in [1.82, 2.24) is 25.2 Å². The Morgan fingerprint density at radius 2 is 2.25 bits per heavy atom. The molecule has 1 N–H and O–H groups in total. The van der Waals surface area contributed by atoms with Crippen LogP contribution >= 0.6 is 0 Å². The largest absolute Gasteiger partial charge is 0.478 e. The average molecular weight is 219 g/mol. The standard InChI is InChI=1S/C9H9N5O2/c1-5-7(9(15)16)3-6(4-10-5)8-11-12-13-14(8)2/h3-4H,1-2H3,(H,15,16). The number of rotatable bonds is 2. The predicted octanol–water partition coefficient (Wildman–Crippen LogP) is 0.279. The van der Waals surface area contributed by atoms with Crippen LogP contribution in [-0.4, -0.2) is 36.3 Å². The van der Waals surface area contributed by atoms with Gasteiger partial charge in [0.1, 0.15) is 0 Å². The van der Waals surface area contributed by atoms with Gasteiger partial charge in [-0.05, 0) is 23.4 Å². The molecule has 7 heteroatoms. The Balaban J connectivity index is 2.56. The number of carboxylic acid groups (broad SMARTS) is 1. The molecule has 0 saturated heterocycles. The summed E-state index contributed by atoms with van der Waals surface area (Å²) in [4.78, 5) is 14.9. The van der Waals surface area contributed by atoms with Crippen molar-refractivity contribution in [3.05, 3.63) is 23.5 Å². The number of aromatic carboxylic acids is 1. The number of hydrogen-bond donors (Lipinski definition) is 1. The molecule has 0 aliphatic heterocycles. The van der Waals surface area contributed by atoms with Gasteiger partial charge in [-0.25, -0.2) is 9.48 Å². The van der Waals surface area contributed by atoms with E-state index in [1.165, 1.54) is 10.7 Å². The molecule has 2 rings (SSSR count). The van der Waals surface area contributed by atoms with E-state index in [-0.39, 0.29) is 5.56 Å². The highest BCUT2D eigenvalue weighted by Gasteiger charge is 2.13. The maximum Gasteiger partial charge on any atom is 0.337 e. The topological polar surface area (TPSA) is 93.8 Å². The van der Waals surface area contributed by atoms with Gasteiger partial charge in [0.05, 0.1) is 11.3 Å². The first-order valence-electron chi connectivity index (χ1n) is 4.52. The van der Waals surface area contributed by atoms with Crippen molar-refractivity contribution < 1.29 is 9.90 Å². The first-order chi connectivity index (χ1) is 7.59. The van der Waals surface area contributed by atoms with Crippen LogP contribution < -0.4 is 0 Å². The fraction of sp³-hybridized carbons (Fsp3) is 0.222. The Bertz CT molecular complexity index is 549. The fourth-order valence-corrected chi connectivity index (χ4v) is 1.35. The lowest BCUT2D eigenvalue weighted by molar-refractivity contribution is 0.0695. The molecule has 0 aromatic carbocycles. The summed E-state index contributed by atoms with van der Waals surface area (Å²) in [6, 6.07) is 1.51. The summed E-state index contributed by atoms with van der Waals surface area (Å²) >= 11 is 0. The molecule has 0 radical (unpaired) electrons. The van der Waals surface area contributed by atoms with E-state index >= 15 is 0 Å². The number of hydrogen-bond acceptors (Lipinski definition) is 5. The van der Waals surface area contributed by atoms with Crippen molar-refractivity contribution in [2.45, 2.75) is 6.92 Å². The summed E-state index contributed by atoms with van der Waals surface area (Å²) in [7, 11) is 1.68. The molecule has 0 atom stereocenters. The minimum atomic E-state index is -1.01. The zero-order chi connectivity index (χ0) is 11.7. The molecule has 0 aliphatic rings. The maximum atomic E-state index is 10.9. The Kier molecular flexibility index (Phi) is 2.35. The molecule has 2 aromatic heterocycles. The molecule has 0 saturated carbocycles. The third-order valence-electron chi connectivity index (χ3n) is 2.20. The molecular weight excluding hydrogens is 210 g/mol. The Morgan fingerprint density at radius 1 is 1.50 bits per heavy atom. The summed E-state index contributed by atoms with van der Waals surface area (Å²) in [6.45, 7) is 1.64. The van der Waals surface area contributed by atoms with Crippen molar-refractivity contribution in [3.8, 4) is 11.4 Å². The summed E-state index contributed by atoms with van der Waals surface area (Å²) in [5, 5.41) is 19.9.